The topological polar surface area (TPSA) is 0 Å². The van der Waals surface area contributed by atoms with Gasteiger partial charge in [-0.1, -0.05) is 63.1 Å². The van der Waals surface area contributed by atoms with E-state index in [4.69, 9.17) is 0 Å². The van der Waals surface area contributed by atoms with Crippen LogP contribution in [0.15, 0.2) is 47.6 Å². The summed E-state index contributed by atoms with van der Waals surface area (Å²) in [7, 11) is 0. The summed E-state index contributed by atoms with van der Waals surface area (Å²) >= 11 is 0. The molecule has 0 heterocycles. The summed E-state index contributed by atoms with van der Waals surface area (Å²) in [5.74, 6) is 0. The summed E-state index contributed by atoms with van der Waals surface area (Å²) in [6, 6.07) is 0. The molecule has 0 N–H and O–H groups in total. The van der Waals surface area contributed by atoms with Gasteiger partial charge in [-0.15, -0.1) is 6.58 Å². The lowest BCUT2D eigenvalue weighted by Gasteiger charge is -2.32. The standard InChI is InChI=1S/C15H24.C3H6.C2H6/c1-6-12(2)9-10-14-13(3)8-7-11-15(14,4)5;1-3-2;1-2/h6,9-10H,7-8,11H2,1-5H3;3H,1H2,2H3;1-2H3/b10-9+,12-6+;;. The molecule has 116 valence electrons. The van der Waals surface area contributed by atoms with Gasteiger partial charge < -0.3 is 0 Å². The Kier molecular flexibility index (Phi) is 12.5. The van der Waals surface area contributed by atoms with Crippen molar-refractivity contribution in [2.75, 3.05) is 0 Å². The number of hydrogen-bond acceptors (Lipinski definition) is 0. The van der Waals surface area contributed by atoms with Gasteiger partial charge in [-0.3, -0.25) is 0 Å². The van der Waals surface area contributed by atoms with Crippen molar-refractivity contribution >= 4 is 0 Å². The Hall–Kier alpha value is -1.04. The highest BCUT2D eigenvalue weighted by molar-refractivity contribution is 5.35. The minimum absolute atomic E-state index is 0.368. The van der Waals surface area contributed by atoms with E-state index in [9.17, 15) is 0 Å². The van der Waals surface area contributed by atoms with Crippen molar-refractivity contribution in [3.05, 3.63) is 47.6 Å². The molecule has 0 heteroatoms. The van der Waals surface area contributed by atoms with E-state index in [-0.39, 0.29) is 0 Å². The predicted octanol–water partition coefficient (Wildman–Crippen LogP) is 7.25. The van der Waals surface area contributed by atoms with Gasteiger partial charge in [0.15, 0.2) is 0 Å². The molecule has 1 rings (SSSR count). The minimum Gasteiger partial charge on any atom is -0.103 e. The van der Waals surface area contributed by atoms with Crippen molar-refractivity contribution in [1.82, 2.24) is 0 Å². The van der Waals surface area contributed by atoms with Gasteiger partial charge in [0.25, 0.3) is 0 Å². The van der Waals surface area contributed by atoms with Crippen LogP contribution in [0.5, 0.6) is 0 Å². The summed E-state index contributed by atoms with van der Waals surface area (Å²) in [4.78, 5) is 0. The molecule has 0 nitrogen and oxygen atoms in total. The lowest BCUT2D eigenvalue weighted by Crippen LogP contribution is -2.19. The third kappa shape index (κ3) is 8.19. The number of hydrogen-bond donors (Lipinski definition) is 0. The first-order valence-corrected chi connectivity index (χ1v) is 7.97. The summed E-state index contributed by atoms with van der Waals surface area (Å²) in [6.07, 6.45) is 12.4. The second kappa shape index (κ2) is 11.8. The van der Waals surface area contributed by atoms with Crippen LogP contribution in [-0.4, -0.2) is 0 Å². The maximum absolute atomic E-state index is 3.36. The van der Waals surface area contributed by atoms with E-state index >= 15 is 0 Å². The molecular weight excluding hydrogens is 240 g/mol. The van der Waals surface area contributed by atoms with Gasteiger partial charge >= 0.3 is 0 Å². The molecule has 0 bridgehead atoms. The van der Waals surface area contributed by atoms with Crippen molar-refractivity contribution in [3.8, 4) is 0 Å². The largest absolute Gasteiger partial charge is 0.103 e. The Labute approximate surface area is 128 Å². The predicted molar refractivity (Wildman–Crippen MR) is 96.1 cm³/mol. The van der Waals surface area contributed by atoms with Crippen LogP contribution in [0, 0.1) is 5.41 Å². The zero-order valence-electron chi connectivity index (χ0n) is 15.1. The molecule has 1 aliphatic carbocycles. The molecule has 0 unspecified atom stereocenters. The fraction of sp³-hybridized carbons (Fsp3) is 0.600. The van der Waals surface area contributed by atoms with Crippen LogP contribution in [0.4, 0.5) is 0 Å². The van der Waals surface area contributed by atoms with E-state index in [0.717, 1.165) is 0 Å². The molecule has 1 aliphatic rings. The Morgan fingerprint density at radius 1 is 1.20 bits per heavy atom. The van der Waals surface area contributed by atoms with E-state index in [1.807, 2.05) is 20.8 Å². The van der Waals surface area contributed by atoms with Crippen LogP contribution in [0.3, 0.4) is 0 Å². The monoisotopic (exact) mass is 276 g/mol. The Bertz CT molecular complexity index is 348. The van der Waals surface area contributed by atoms with Gasteiger partial charge in [0, 0.05) is 0 Å². The fourth-order valence-electron chi connectivity index (χ4n) is 2.32. The highest BCUT2D eigenvalue weighted by atomic mass is 14.3. The zero-order chi connectivity index (χ0) is 16.2. The lowest BCUT2D eigenvalue weighted by molar-refractivity contribution is 0.377. The highest BCUT2D eigenvalue weighted by Crippen LogP contribution is 2.40. The zero-order valence-corrected chi connectivity index (χ0v) is 15.1. The molecule has 0 radical (unpaired) electrons. The molecule has 0 fully saturated rings. The second-order valence-electron chi connectivity index (χ2n) is 5.71. The fourth-order valence-corrected chi connectivity index (χ4v) is 2.32. The summed E-state index contributed by atoms with van der Waals surface area (Å²) in [5, 5.41) is 0. The second-order valence-corrected chi connectivity index (χ2v) is 5.71. The number of rotatable bonds is 2. The molecule has 0 aromatic heterocycles. The average Bonchev–Trinajstić information content (AvgIpc) is 2.40. The van der Waals surface area contributed by atoms with Gasteiger partial charge in [-0.05, 0) is 57.9 Å². The van der Waals surface area contributed by atoms with Crippen LogP contribution >= 0.6 is 0 Å². The van der Waals surface area contributed by atoms with Crippen LogP contribution in [0.1, 0.15) is 74.7 Å². The van der Waals surface area contributed by atoms with Crippen LogP contribution in [0.25, 0.3) is 0 Å². The molecule has 0 aromatic carbocycles. The van der Waals surface area contributed by atoms with Crippen LogP contribution < -0.4 is 0 Å². The third-order valence-electron chi connectivity index (χ3n) is 3.51. The Morgan fingerprint density at radius 2 is 1.70 bits per heavy atom. The first kappa shape index (κ1) is 21.3. The average molecular weight is 277 g/mol. The van der Waals surface area contributed by atoms with Crippen molar-refractivity contribution < 1.29 is 0 Å². The molecule has 0 saturated carbocycles. The SMILES string of the molecule is C/C=C(C)/C=C/C1=C(C)CCCC1(C)C.C=CC.CC. The molecule has 0 spiro atoms. The molecule has 20 heavy (non-hydrogen) atoms. The molecular formula is C20H36. The molecule has 0 aromatic rings. The van der Waals surface area contributed by atoms with E-state index in [1.165, 1.54) is 24.8 Å². The van der Waals surface area contributed by atoms with Gasteiger partial charge in [0.1, 0.15) is 0 Å². The molecule has 0 atom stereocenters. The third-order valence-corrected chi connectivity index (χ3v) is 3.51. The van der Waals surface area contributed by atoms with Gasteiger partial charge in [-0.2, -0.15) is 0 Å². The minimum atomic E-state index is 0.368. The molecule has 0 saturated heterocycles. The first-order valence-electron chi connectivity index (χ1n) is 7.97. The quantitative estimate of drug-likeness (QED) is 0.368. The first-order chi connectivity index (χ1) is 9.38. The lowest BCUT2D eigenvalue weighted by atomic mass is 9.72. The Balaban J connectivity index is 0. The summed E-state index contributed by atoms with van der Waals surface area (Å²) < 4.78 is 0. The van der Waals surface area contributed by atoms with E-state index in [1.54, 1.807) is 17.2 Å². The van der Waals surface area contributed by atoms with Crippen molar-refractivity contribution in [2.45, 2.75) is 74.7 Å². The van der Waals surface area contributed by atoms with E-state index < -0.39 is 0 Å². The highest BCUT2D eigenvalue weighted by Gasteiger charge is 2.26. The number of allylic oxidation sites excluding steroid dienone is 7. The summed E-state index contributed by atoms with van der Waals surface area (Å²) in [6.45, 7) is 20.5. The van der Waals surface area contributed by atoms with Crippen molar-refractivity contribution in [3.63, 3.8) is 0 Å². The van der Waals surface area contributed by atoms with Crippen molar-refractivity contribution in [1.29, 1.82) is 0 Å². The van der Waals surface area contributed by atoms with Crippen LogP contribution in [0.2, 0.25) is 0 Å². The smallest absolute Gasteiger partial charge is 0.0104 e. The van der Waals surface area contributed by atoms with Gasteiger partial charge in [0.05, 0.1) is 0 Å². The van der Waals surface area contributed by atoms with Gasteiger partial charge in [-0.25, -0.2) is 0 Å². The Morgan fingerprint density at radius 3 is 2.10 bits per heavy atom. The maximum Gasteiger partial charge on any atom is -0.0104 e. The molecule has 0 amide bonds. The van der Waals surface area contributed by atoms with Crippen molar-refractivity contribution in [2.24, 2.45) is 5.41 Å². The van der Waals surface area contributed by atoms with E-state index in [2.05, 4.69) is 59.4 Å². The maximum atomic E-state index is 3.36. The van der Waals surface area contributed by atoms with Crippen LogP contribution in [-0.2, 0) is 0 Å². The summed E-state index contributed by atoms with van der Waals surface area (Å²) in [5.41, 5.74) is 4.84. The van der Waals surface area contributed by atoms with E-state index in [0.29, 0.717) is 5.41 Å². The molecule has 0 aliphatic heterocycles. The van der Waals surface area contributed by atoms with Gasteiger partial charge in [0.2, 0.25) is 0 Å². The normalized spacial score (nSPS) is 17.9.